The lowest BCUT2D eigenvalue weighted by Gasteiger charge is -2.84. The molecule has 0 aromatic rings. The van der Waals surface area contributed by atoms with Crippen molar-refractivity contribution in [3.05, 3.63) is 11.1 Å². The number of fused-ring (bicyclic) bond motifs is 3. The number of nitrogens with one attached hydrogen (secondary N) is 1. The Kier molecular flexibility index (Phi) is 9.55. The van der Waals surface area contributed by atoms with Crippen molar-refractivity contribution in [1.82, 2.24) is 5.32 Å². The first-order chi connectivity index (χ1) is 19.9. The normalized spacial score (nSPS) is 37.4. The zero-order chi connectivity index (χ0) is 36.9. The van der Waals surface area contributed by atoms with Gasteiger partial charge in [-0.3, -0.25) is 4.79 Å². The van der Waals surface area contributed by atoms with Gasteiger partial charge in [0.05, 0.1) is 5.41 Å². The molecule has 0 aromatic carbocycles. The van der Waals surface area contributed by atoms with Crippen molar-refractivity contribution in [2.75, 3.05) is 7.05 Å². The average molecular weight is 658 g/mol. The molecule has 276 valence electrons. The zero-order valence-electron chi connectivity index (χ0n) is 35.5. The van der Waals surface area contributed by atoms with E-state index in [-0.39, 0.29) is 79.6 Å². The topological polar surface area (TPSA) is 38.3 Å². The fourth-order valence-electron chi connectivity index (χ4n) is 13.5. The lowest BCUT2D eigenvalue weighted by molar-refractivity contribution is -0.350. The van der Waals surface area contributed by atoms with Crippen LogP contribution in [0.2, 0.25) is 0 Å². The molecule has 0 spiro atoms. The number of hydrogen-bond donors (Lipinski definition) is 1. The van der Waals surface area contributed by atoms with Crippen molar-refractivity contribution in [3.63, 3.8) is 0 Å². The van der Waals surface area contributed by atoms with Crippen molar-refractivity contribution < 1.29 is 9.53 Å². The molecule has 3 rings (SSSR count). The summed E-state index contributed by atoms with van der Waals surface area (Å²) in [4.78, 5) is 14.4. The quantitative estimate of drug-likeness (QED) is 0.241. The Hall–Kier alpha value is -0.830. The number of rotatable bonds is 4. The third-order valence-corrected chi connectivity index (χ3v) is 19.9. The van der Waals surface area contributed by atoms with Gasteiger partial charge in [-0.15, -0.1) is 0 Å². The van der Waals surface area contributed by atoms with E-state index >= 15 is 0 Å². The first kappa shape index (κ1) is 42.3. The van der Waals surface area contributed by atoms with Gasteiger partial charge in [-0.25, -0.2) is 0 Å². The van der Waals surface area contributed by atoms with Gasteiger partial charge in [0.15, 0.2) is 0 Å². The highest BCUT2D eigenvalue weighted by atomic mass is 16.5. The van der Waals surface area contributed by atoms with E-state index in [9.17, 15) is 4.79 Å². The van der Waals surface area contributed by atoms with Crippen LogP contribution in [0, 0.1) is 71.4 Å². The first-order valence-electron chi connectivity index (χ1n) is 18.5. The van der Waals surface area contributed by atoms with Crippen LogP contribution in [0.3, 0.4) is 0 Å². The molecule has 3 heteroatoms. The van der Waals surface area contributed by atoms with Crippen molar-refractivity contribution in [2.24, 2.45) is 71.4 Å². The maximum Gasteiger partial charge on any atom is 0.313 e. The highest BCUT2D eigenvalue weighted by Gasteiger charge is 2.81. The molecule has 3 aliphatic rings. The van der Waals surface area contributed by atoms with Crippen LogP contribution in [0.1, 0.15) is 174 Å². The molecule has 0 saturated heterocycles. The predicted molar refractivity (Wildman–Crippen MR) is 205 cm³/mol. The van der Waals surface area contributed by atoms with E-state index in [0.29, 0.717) is 5.92 Å². The number of esters is 1. The van der Waals surface area contributed by atoms with Gasteiger partial charge in [-0.05, 0) is 107 Å². The van der Waals surface area contributed by atoms with Crippen molar-refractivity contribution >= 4 is 5.97 Å². The maximum absolute atomic E-state index is 14.4. The number of allylic oxidation sites excluding steroid dienone is 1. The summed E-state index contributed by atoms with van der Waals surface area (Å²) in [6, 6.07) is 0. The molecule has 0 aliphatic heterocycles. The van der Waals surface area contributed by atoms with Gasteiger partial charge in [0, 0.05) is 11.5 Å². The van der Waals surface area contributed by atoms with E-state index in [4.69, 9.17) is 4.74 Å². The Morgan fingerprint density at radius 1 is 0.638 bits per heavy atom. The Balaban J connectivity index is 0.00000768. The smallest absolute Gasteiger partial charge is 0.313 e. The Labute approximate surface area is 295 Å². The molecule has 2 saturated carbocycles. The van der Waals surface area contributed by atoms with Gasteiger partial charge in [-0.1, -0.05) is 145 Å². The minimum absolute atomic E-state index is 0. The summed E-state index contributed by atoms with van der Waals surface area (Å²) >= 11 is 0. The molecule has 0 amide bonds. The maximum atomic E-state index is 14.4. The largest absolute Gasteiger partial charge is 0.457 e. The summed E-state index contributed by atoms with van der Waals surface area (Å²) in [6.07, 6.45) is -0.296. The second-order valence-corrected chi connectivity index (χ2v) is 22.2. The molecular formula is C44H83NO2. The first-order valence-corrected chi connectivity index (χ1v) is 18.5. The molecule has 2 fully saturated rings. The Morgan fingerprint density at radius 3 is 1.47 bits per heavy atom. The van der Waals surface area contributed by atoms with Gasteiger partial charge in [0.2, 0.25) is 0 Å². The lowest BCUT2D eigenvalue weighted by atomic mass is 9.20. The van der Waals surface area contributed by atoms with Crippen LogP contribution in [0.4, 0.5) is 0 Å². The van der Waals surface area contributed by atoms with Gasteiger partial charge >= 0.3 is 5.97 Å². The highest BCUT2D eigenvalue weighted by Crippen LogP contribution is 2.86. The standard InChI is InChI=1S/C43H79NO2.CH4/c1-26-28(46-31(45)36(11,12)41(21,22)44-25)27(2)42(23)33(5,6)29(26)32(3,4)38(15,16)43(24)30(35(42,9)10)34(7,8)37(13,14)39(17,18)40(43,19)20;/h27-28,30,44H,1-25H3;1H4. The van der Waals surface area contributed by atoms with Gasteiger partial charge in [-0.2, -0.15) is 0 Å². The van der Waals surface area contributed by atoms with E-state index in [2.05, 4.69) is 158 Å². The van der Waals surface area contributed by atoms with E-state index in [1.165, 1.54) is 11.1 Å². The van der Waals surface area contributed by atoms with Crippen LogP contribution in [0.5, 0.6) is 0 Å². The second kappa shape index (κ2) is 10.6. The van der Waals surface area contributed by atoms with E-state index in [0.717, 1.165) is 0 Å². The molecule has 3 aliphatic carbocycles. The SMILES string of the molecule is C.CNC(C)(C)C(C)(C)C(=O)OC1C(C)=C2C(C)(C)C(C)(C)C3(C)C(C(C)(C)C(C)(C)C(C)(C)C3(C)C)C(C)(C)C(C)(C1C)C2(C)C. The van der Waals surface area contributed by atoms with Crippen LogP contribution in [-0.2, 0) is 9.53 Å². The molecule has 47 heavy (non-hydrogen) atoms. The van der Waals surface area contributed by atoms with Gasteiger partial charge in [0.25, 0.3) is 0 Å². The number of carbonyl (C=O) groups excluding carboxylic acids is 1. The predicted octanol–water partition coefficient (Wildman–Crippen LogP) is 12.4. The number of ether oxygens (including phenoxy) is 1. The number of hydrogen-bond acceptors (Lipinski definition) is 3. The van der Waals surface area contributed by atoms with E-state index in [1.807, 2.05) is 20.9 Å². The Bertz CT molecular complexity index is 1300. The molecule has 0 aromatic heterocycles. The monoisotopic (exact) mass is 658 g/mol. The summed E-state index contributed by atoms with van der Waals surface area (Å²) < 4.78 is 6.91. The van der Waals surface area contributed by atoms with Crippen LogP contribution < -0.4 is 5.32 Å². The molecule has 0 radical (unpaired) electrons. The molecule has 2 bridgehead atoms. The van der Waals surface area contributed by atoms with Crippen molar-refractivity contribution in [3.8, 4) is 0 Å². The summed E-state index contributed by atoms with van der Waals surface area (Å²) in [5, 5.41) is 3.39. The Morgan fingerprint density at radius 2 is 1.06 bits per heavy atom. The number of carbonyl (C=O) groups is 1. The minimum Gasteiger partial charge on any atom is -0.457 e. The van der Waals surface area contributed by atoms with Crippen LogP contribution in [0.25, 0.3) is 0 Å². The lowest BCUT2D eigenvalue weighted by Crippen LogP contribution is -2.79. The van der Waals surface area contributed by atoms with Crippen molar-refractivity contribution in [1.29, 1.82) is 0 Å². The minimum atomic E-state index is -0.712. The second-order valence-electron chi connectivity index (χ2n) is 22.2. The van der Waals surface area contributed by atoms with E-state index < -0.39 is 11.0 Å². The van der Waals surface area contributed by atoms with Gasteiger partial charge in [0.1, 0.15) is 6.10 Å². The summed E-state index contributed by atoms with van der Waals surface area (Å²) in [7, 11) is 1.94. The molecule has 3 nitrogen and oxygen atoms in total. The van der Waals surface area contributed by atoms with Gasteiger partial charge < -0.3 is 10.1 Å². The molecule has 5 unspecified atom stereocenters. The highest BCUT2D eigenvalue weighted by molar-refractivity contribution is 5.78. The fourth-order valence-corrected chi connectivity index (χ4v) is 13.5. The third kappa shape index (κ3) is 4.22. The average Bonchev–Trinajstić information content (AvgIpc) is 2.86. The van der Waals surface area contributed by atoms with Crippen LogP contribution >= 0.6 is 0 Å². The summed E-state index contributed by atoms with van der Waals surface area (Å²) in [6.45, 7) is 59.5. The molecule has 1 N–H and O–H groups in total. The summed E-state index contributed by atoms with van der Waals surface area (Å²) in [5.41, 5.74) is 0.880. The zero-order valence-corrected chi connectivity index (χ0v) is 35.5. The molecule has 0 heterocycles. The van der Waals surface area contributed by atoms with Crippen LogP contribution in [-0.4, -0.2) is 24.7 Å². The summed E-state index contributed by atoms with van der Waals surface area (Å²) in [5.74, 6) is 0.350. The van der Waals surface area contributed by atoms with E-state index in [1.54, 1.807) is 0 Å². The van der Waals surface area contributed by atoms with Crippen molar-refractivity contribution in [2.45, 2.75) is 185 Å². The fraction of sp³-hybridized carbons (Fsp3) is 0.932. The molecular weight excluding hydrogens is 574 g/mol. The molecule has 5 atom stereocenters. The third-order valence-electron chi connectivity index (χ3n) is 19.9. The van der Waals surface area contributed by atoms with Crippen LogP contribution in [0.15, 0.2) is 11.1 Å².